The second-order valence-corrected chi connectivity index (χ2v) is 6.14. The van der Waals surface area contributed by atoms with E-state index in [1.165, 1.54) is 32.5 Å². The van der Waals surface area contributed by atoms with Gasteiger partial charge in [0.2, 0.25) is 0 Å². The minimum atomic E-state index is 0.336. The number of hydrogen-bond acceptors (Lipinski definition) is 5. The Balaban J connectivity index is 1.92. The summed E-state index contributed by atoms with van der Waals surface area (Å²) < 4.78 is 0. The topological polar surface area (TPSA) is 53.1 Å². The average molecular weight is 291 g/mol. The van der Waals surface area contributed by atoms with E-state index in [4.69, 9.17) is 0 Å². The molecule has 0 amide bonds. The van der Waals surface area contributed by atoms with E-state index >= 15 is 0 Å². The maximum atomic E-state index is 4.67. The van der Waals surface area contributed by atoms with Gasteiger partial charge in [0, 0.05) is 25.1 Å². The number of aromatic nitrogens is 2. The van der Waals surface area contributed by atoms with Crippen molar-refractivity contribution in [2.75, 3.05) is 43.9 Å². The van der Waals surface area contributed by atoms with Crippen molar-refractivity contribution in [3.05, 3.63) is 11.4 Å². The van der Waals surface area contributed by atoms with E-state index in [2.05, 4.69) is 46.3 Å². The molecule has 0 spiro atoms. The molecule has 5 nitrogen and oxygen atoms in total. The van der Waals surface area contributed by atoms with Crippen LogP contribution in [0, 0.1) is 6.92 Å². The molecule has 1 aromatic heterocycles. The van der Waals surface area contributed by atoms with Gasteiger partial charge in [-0.3, -0.25) is 0 Å². The summed E-state index contributed by atoms with van der Waals surface area (Å²) in [6, 6.07) is 0. The third-order valence-electron chi connectivity index (χ3n) is 4.06. The molecule has 1 saturated heterocycles. The van der Waals surface area contributed by atoms with Gasteiger partial charge >= 0.3 is 0 Å². The molecule has 0 unspecified atom stereocenters. The van der Waals surface area contributed by atoms with Gasteiger partial charge in [-0.05, 0) is 45.8 Å². The van der Waals surface area contributed by atoms with Gasteiger partial charge in [-0.1, -0.05) is 13.8 Å². The third-order valence-corrected chi connectivity index (χ3v) is 4.06. The second kappa shape index (κ2) is 7.59. The minimum Gasteiger partial charge on any atom is -0.373 e. The Hall–Kier alpha value is -1.36. The van der Waals surface area contributed by atoms with Gasteiger partial charge in [0.15, 0.2) is 0 Å². The highest BCUT2D eigenvalue weighted by Crippen LogP contribution is 2.22. The van der Waals surface area contributed by atoms with Crippen LogP contribution in [0.15, 0.2) is 0 Å². The SMILES string of the molecule is CNc1nc(C(C)C)nc(NCCCN2CCCC2)c1C. The molecule has 1 aliphatic rings. The van der Waals surface area contributed by atoms with Crippen molar-refractivity contribution < 1.29 is 0 Å². The van der Waals surface area contributed by atoms with E-state index in [0.29, 0.717) is 5.92 Å². The molecule has 1 aromatic rings. The van der Waals surface area contributed by atoms with Crippen LogP contribution >= 0.6 is 0 Å². The maximum absolute atomic E-state index is 4.67. The fourth-order valence-corrected chi connectivity index (χ4v) is 2.72. The molecule has 118 valence electrons. The van der Waals surface area contributed by atoms with Gasteiger partial charge in [-0.15, -0.1) is 0 Å². The summed E-state index contributed by atoms with van der Waals surface area (Å²) in [5.41, 5.74) is 1.10. The van der Waals surface area contributed by atoms with Crippen molar-refractivity contribution in [3.8, 4) is 0 Å². The summed E-state index contributed by atoms with van der Waals surface area (Å²) in [5, 5.41) is 6.66. The maximum Gasteiger partial charge on any atom is 0.135 e. The number of nitrogens with zero attached hydrogens (tertiary/aromatic N) is 3. The zero-order valence-electron chi connectivity index (χ0n) is 13.9. The lowest BCUT2D eigenvalue weighted by Crippen LogP contribution is -2.22. The second-order valence-electron chi connectivity index (χ2n) is 6.14. The lowest BCUT2D eigenvalue weighted by Gasteiger charge is -2.17. The monoisotopic (exact) mass is 291 g/mol. The Morgan fingerprint density at radius 2 is 1.81 bits per heavy atom. The average Bonchev–Trinajstić information content (AvgIpc) is 2.98. The number of likely N-dealkylation sites (tertiary alicyclic amines) is 1. The van der Waals surface area contributed by atoms with Crippen molar-refractivity contribution >= 4 is 11.6 Å². The largest absolute Gasteiger partial charge is 0.373 e. The molecule has 0 aromatic carbocycles. The Kier molecular flexibility index (Phi) is 5.79. The van der Waals surface area contributed by atoms with Gasteiger partial charge in [0.05, 0.1) is 0 Å². The van der Waals surface area contributed by atoms with E-state index in [9.17, 15) is 0 Å². The third kappa shape index (κ3) is 4.30. The normalized spacial score (nSPS) is 15.7. The fourth-order valence-electron chi connectivity index (χ4n) is 2.72. The number of rotatable bonds is 7. The smallest absolute Gasteiger partial charge is 0.135 e. The van der Waals surface area contributed by atoms with Gasteiger partial charge in [0.25, 0.3) is 0 Å². The van der Waals surface area contributed by atoms with Crippen LogP contribution in [-0.2, 0) is 0 Å². The summed E-state index contributed by atoms with van der Waals surface area (Å²) in [6.45, 7) is 11.0. The summed E-state index contributed by atoms with van der Waals surface area (Å²) in [5.74, 6) is 3.13. The molecule has 0 saturated carbocycles. The predicted molar refractivity (Wildman–Crippen MR) is 89.2 cm³/mol. The van der Waals surface area contributed by atoms with Crippen LogP contribution in [0.25, 0.3) is 0 Å². The first kappa shape index (κ1) is 16.0. The zero-order chi connectivity index (χ0) is 15.2. The van der Waals surface area contributed by atoms with Crippen LogP contribution in [0.5, 0.6) is 0 Å². The molecule has 0 radical (unpaired) electrons. The minimum absolute atomic E-state index is 0.336. The molecule has 1 aliphatic heterocycles. The molecule has 0 bridgehead atoms. The Morgan fingerprint density at radius 1 is 1.14 bits per heavy atom. The quantitative estimate of drug-likeness (QED) is 0.757. The van der Waals surface area contributed by atoms with E-state index < -0.39 is 0 Å². The van der Waals surface area contributed by atoms with Gasteiger partial charge in [0.1, 0.15) is 17.5 Å². The Morgan fingerprint density at radius 3 is 2.43 bits per heavy atom. The van der Waals surface area contributed by atoms with Crippen LogP contribution in [0.2, 0.25) is 0 Å². The lowest BCUT2D eigenvalue weighted by atomic mass is 10.2. The van der Waals surface area contributed by atoms with Crippen LogP contribution in [0.4, 0.5) is 11.6 Å². The summed E-state index contributed by atoms with van der Waals surface area (Å²) in [4.78, 5) is 11.8. The standard InChI is InChI=1S/C16H29N5/c1-12(2)14-19-15(17-4)13(3)16(20-14)18-8-7-11-21-9-5-6-10-21/h12H,5-11H2,1-4H3,(H2,17,18,19,20). The molecule has 2 N–H and O–H groups in total. The van der Waals surface area contributed by atoms with Crippen molar-refractivity contribution in [1.29, 1.82) is 0 Å². The predicted octanol–water partition coefficient (Wildman–Crippen LogP) is 2.85. The van der Waals surface area contributed by atoms with Crippen molar-refractivity contribution in [2.45, 2.75) is 46.0 Å². The fraction of sp³-hybridized carbons (Fsp3) is 0.750. The molecular weight excluding hydrogens is 262 g/mol. The highest BCUT2D eigenvalue weighted by molar-refractivity contribution is 5.57. The molecule has 21 heavy (non-hydrogen) atoms. The van der Waals surface area contributed by atoms with Crippen molar-refractivity contribution in [2.24, 2.45) is 0 Å². The summed E-state index contributed by atoms with van der Waals surface area (Å²) in [7, 11) is 1.91. The van der Waals surface area contributed by atoms with Crippen molar-refractivity contribution in [3.63, 3.8) is 0 Å². The van der Waals surface area contributed by atoms with Gasteiger partial charge < -0.3 is 15.5 Å². The molecule has 0 aliphatic carbocycles. The van der Waals surface area contributed by atoms with Crippen LogP contribution in [-0.4, -0.2) is 48.1 Å². The number of nitrogens with one attached hydrogen (secondary N) is 2. The highest BCUT2D eigenvalue weighted by Gasteiger charge is 2.13. The first-order chi connectivity index (χ1) is 10.1. The number of anilines is 2. The van der Waals surface area contributed by atoms with E-state index in [1.54, 1.807) is 0 Å². The summed E-state index contributed by atoms with van der Waals surface area (Å²) in [6.07, 6.45) is 3.89. The molecular formula is C16H29N5. The number of hydrogen-bond donors (Lipinski definition) is 2. The molecule has 2 heterocycles. The first-order valence-corrected chi connectivity index (χ1v) is 8.14. The molecule has 5 heteroatoms. The van der Waals surface area contributed by atoms with Crippen LogP contribution < -0.4 is 10.6 Å². The first-order valence-electron chi connectivity index (χ1n) is 8.14. The van der Waals surface area contributed by atoms with E-state index in [-0.39, 0.29) is 0 Å². The molecule has 2 rings (SSSR count). The molecule has 0 atom stereocenters. The van der Waals surface area contributed by atoms with Gasteiger partial charge in [-0.25, -0.2) is 9.97 Å². The van der Waals surface area contributed by atoms with Crippen LogP contribution in [0.1, 0.15) is 50.4 Å². The zero-order valence-corrected chi connectivity index (χ0v) is 13.9. The Labute approximate surface area is 128 Å². The van der Waals surface area contributed by atoms with E-state index in [1.807, 2.05) is 7.05 Å². The van der Waals surface area contributed by atoms with E-state index in [0.717, 1.165) is 36.0 Å². The highest BCUT2D eigenvalue weighted by atomic mass is 15.1. The lowest BCUT2D eigenvalue weighted by molar-refractivity contribution is 0.337. The van der Waals surface area contributed by atoms with Crippen molar-refractivity contribution in [1.82, 2.24) is 14.9 Å². The van der Waals surface area contributed by atoms with Crippen LogP contribution in [0.3, 0.4) is 0 Å². The summed E-state index contributed by atoms with van der Waals surface area (Å²) >= 11 is 0. The molecule has 1 fully saturated rings. The Bertz CT molecular complexity index is 452. The van der Waals surface area contributed by atoms with Gasteiger partial charge in [-0.2, -0.15) is 0 Å².